The number of para-hydroxylation sites is 1. The molecule has 0 unspecified atom stereocenters. The van der Waals surface area contributed by atoms with Crippen LogP contribution in [0.4, 0.5) is 46.0 Å². The van der Waals surface area contributed by atoms with Crippen LogP contribution in [0.5, 0.6) is 5.75 Å². The number of aromatic nitrogens is 2. The van der Waals surface area contributed by atoms with Gasteiger partial charge in [-0.05, 0) is 55.3 Å². The Morgan fingerprint density at radius 2 is 1.76 bits per heavy atom. The van der Waals surface area contributed by atoms with Crippen LogP contribution in [0.2, 0.25) is 0 Å². The average Bonchev–Trinajstić information content (AvgIpc) is 3.48. The van der Waals surface area contributed by atoms with Crippen LogP contribution in [0.15, 0.2) is 72.8 Å². The molecular formula is C30H32N8O3. The van der Waals surface area contributed by atoms with E-state index >= 15 is 0 Å². The minimum absolute atomic E-state index is 0.203. The van der Waals surface area contributed by atoms with Crippen molar-refractivity contribution in [3.63, 3.8) is 0 Å². The van der Waals surface area contributed by atoms with Gasteiger partial charge in [0, 0.05) is 41.8 Å². The van der Waals surface area contributed by atoms with E-state index in [1.54, 1.807) is 19.2 Å². The van der Waals surface area contributed by atoms with Crippen molar-refractivity contribution in [1.29, 1.82) is 0 Å². The number of nitrogens with zero attached hydrogens (tertiary/aromatic N) is 3. The van der Waals surface area contributed by atoms with Crippen LogP contribution in [-0.2, 0) is 0 Å². The molecular weight excluding hydrogens is 520 g/mol. The van der Waals surface area contributed by atoms with Crippen LogP contribution in [0.3, 0.4) is 0 Å². The summed E-state index contributed by atoms with van der Waals surface area (Å²) in [4.78, 5) is 24.5. The van der Waals surface area contributed by atoms with E-state index in [4.69, 9.17) is 9.72 Å². The quantitative estimate of drug-likeness (QED) is 0.178. The molecule has 1 aromatic heterocycles. The Kier molecular flexibility index (Phi) is 7.42. The first kappa shape index (κ1) is 26.2. The maximum absolute atomic E-state index is 12.8. The second-order valence-electron chi connectivity index (χ2n) is 9.90. The number of ether oxygens (including phenoxy) is 1. The third-order valence-electron chi connectivity index (χ3n) is 7.11. The van der Waals surface area contributed by atoms with Gasteiger partial charge in [0.05, 0.1) is 25.6 Å². The second kappa shape index (κ2) is 11.6. The zero-order valence-corrected chi connectivity index (χ0v) is 22.6. The highest BCUT2D eigenvalue weighted by atomic mass is 16.5. The van der Waals surface area contributed by atoms with Crippen LogP contribution in [0.1, 0.15) is 23.2 Å². The van der Waals surface area contributed by atoms with E-state index < -0.39 is 0 Å². The minimum atomic E-state index is -0.231. The first-order valence-electron chi connectivity index (χ1n) is 13.6. The van der Waals surface area contributed by atoms with Crippen LogP contribution in [-0.4, -0.2) is 54.0 Å². The first-order valence-corrected chi connectivity index (χ1v) is 13.6. The van der Waals surface area contributed by atoms with E-state index in [9.17, 15) is 9.90 Å². The van der Waals surface area contributed by atoms with Gasteiger partial charge >= 0.3 is 0 Å². The normalized spacial score (nSPS) is 14.4. The van der Waals surface area contributed by atoms with Crippen molar-refractivity contribution < 1.29 is 14.6 Å². The lowest BCUT2D eigenvalue weighted by Crippen LogP contribution is -2.35. The SMILES string of the molecule is COc1cc(N2CCC(O)CC2)ccc1Nc1nc2c(c(Nc3cccc(C(=O)Nc4ccccc4)c3)n1)NCN2. The van der Waals surface area contributed by atoms with Gasteiger partial charge < -0.3 is 41.3 Å². The molecule has 6 rings (SSSR count). The summed E-state index contributed by atoms with van der Waals surface area (Å²) in [6.45, 7) is 2.12. The zero-order valence-electron chi connectivity index (χ0n) is 22.6. The summed E-state index contributed by atoms with van der Waals surface area (Å²) in [5, 5.41) is 25.9. The number of aliphatic hydroxyl groups is 1. The number of carbonyl (C=O) groups is 1. The topological polar surface area (TPSA) is 136 Å². The van der Waals surface area contributed by atoms with E-state index in [1.807, 2.05) is 60.7 Å². The summed E-state index contributed by atoms with van der Waals surface area (Å²) in [6.07, 6.45) is 1.27. The number of hydrogen-bond acceptors (Lipinski definition) is 10. The van der Waals surface area contributed by atoms with Gasteiger partial charge in [-0.25, -0.2) is 0 Å². The monoisotopic (exact) mass is 552 g/mol. The van der Waals surface area contributed by atoms with Gasteiger partial charge in [0.1, 0.15) is 11.4 Å². The molecule has 0 saturated carbocycles. The standard InChI is InChI=1S/C30H32N8O3/c1-41-25-17-22(38-14-12-23(39)13-15-38)10-11-24(25)35-30-36-27-26(31-18-32-27)28(37-30)33-21-9-5-6-19(16-21)29(40)34-20-7-3-2-4-8-20/h2-11,16-17,23,31,39H,12-15,18H2,1H3,(H,34,40)(H3,32,33,35,36,37). The summed E-state index contributed by atoms with van der Waals surface area (Å²) in [5.74, 6) is 2.06. The van der Waals surface area contributed by atoms with Crippen molar-refractivity contribution in [3.05, 3.63) is 78.4 Å². The fraction of sp³-hybridized carbons (Fsp3) is 0.233. The lowest BCUT2D eigenvalue weighted by atomic mass is 10.1. The van der Waals surface area contributed by atoms with Gasteiger partial charge in [-0.1, -0.05) is 24.3 Å². The molecule has 2 aliphatic rings. The number of nitrogens with one attached hydrogen (secondary N) is 5. The van der Waals surface area contributed by atoms with Gasteiger partial charge in [0.25, 0.3) is 5.91 Å². The molecule has 0 radical (unpaired) electrons. The number of aliphatic hydroxyl groups excluding tert-OH is 1. The minimum Gasteiger partial charge on any atom is -0.494 e. The number of fused-ring (bicyclic) bond motifs is 1. The van der Waals surface area contributed by atoms with E-state index in [2.05, 4.69) is 36.5 Å². The van der Waals surface area contributed by atoms with Gasteiger partial charge in [0.15, 0.2) is 11.6 Å². The Morgan fingerprint density at radius 3 is 2.56 bits per heavy atom. The lowest BCUT2D eigenvalue weighted by Gasteiger charge is -2.31. The van der Waals surface area contributed by atoms with Gasteiger partial charge in [-0.2, -0.15) is 9.97 Å². The van der Waals surface area contributed by atoms with Crippen molar-refractivity contribution in [2.24, 2.45) is 0 Å². The molecule has 4 aromatic rings. The largest absolute Gasteiger partial charge is 0.494 e. The molecule has 1 amide bonds. The molecule has 11 nitrogen and oxygen atoms in total. The molecule has 1 fully saturated rings. The van der Waals surface area contributed by atoms with Crippen molar-refractivity contribution in [3.8, 4) is 5.75 Å². The van der Waals surface area contributed by atoms with Crippen molar-refractivity contribution >= 4 is 51.9 Å². The number of piperidine rings is 1. The third-order valence-corrected chi connectivity index (χ3v) is 7.11. The highest BCUT2D eigenvalue weighted by Crippen LogP contribution is 2.37. The van der Waals surface area contributed by atoms with E-state index in [0.717, 1.165) is 48.7 Å². The number of amides is 1. The molecule has 0 bridgehead atoms. The average molecular weight is 553 g/mol. The number of hydrogen-bond donors (Lipinski definition) is 6. The van der Waals surface area contributed by atoms with Crippen molar-refractivity contribution in [2.45, 2.75) is 18.9 Å². The summed E-state index contributed by atoms with van der Waals surface area (Å²) in [6, 6.07) is 22.6. The number of rotatable bonds is 8. The fourth-order valence-electron chi connectivity index (χ4n) is 4.94. The fourth-order valence-corrected chi connectivity index (χ4v) is 4.94. The molecule has 210 valence electrons. The summed E-state index contributed by atoms with van der Waals surface area (Å²) >= 11 is 0. The molecule has 2 aliphatic heterocycles. The van der Waals surface area contributed by atoms with E-state index in [-0.39, 0.29) is 12.0 Å². The predicted octanol–water partition coefficient (Wildman–Crippen LogP) is 4.98. The third kappa shape index (κ3) is 5.94. The smallest absolute Gasteiger partial charge is 0.255 e. The van der Waals surface area contributed by atoms with Gasteiger partial charge in [-0.15, -0.1) is 0 Å². The second-order valence-corrected chi connectivity index (χ2v) is 9.90. The highest BCUT2D eigenvalue weighted by molar-refractivity contribution is 6.05. The first-order chi connectivity index (χ1) is 20.1. The Morgan fingerprint density at radius 1 is 0.951 bits per heavy atom. The van der Waals surface area contributed by atoms with Crippen LogP contribution in [0.25, 0.3) is 0 Å². The number of anilines is 8. The van der Waals surface area contributed by atoms with Crippen LogP contribution >= 0.6 is 0 Å². The van der Waals surface area contributed by atoms with Gasteiger partial charge in [-0.3, -0.25) is 4.79 Å². The predicted molar refractivity (Wildman–Crippen MR) is 162 cm³/mol. The van der Waals surface area contributed by atoms with Crippen molar-refractivity contribution in [2.75, 3.05) is 58.4 Å². The molecule has 0 spiro atoms. The molecule has 11 heteroatoms. The maximum Gasteiger partial charge on any atom is 0.255 e. The summed E-state index contributed by atoms with van der Waals surface area (Å²) in [7, 11) is 1.63. The van der Waals surface area contributed by atoms with Crippen LogP contribution < -0.4 is 36.2 Å². The zero-order chi connectivity index (χ0) is 28.2. The number of methoxy groups -OCH3 is 1. The molecule has 1 saturated heterocycles. The molecule has 0 atom stereocenters. The Balaban J connectivity index is 1.22. The Bertz CT molecular complexity index is 1540. The van der Waals surface area contributed by atoms with Gasteiger partial charge in [0.2, 0.25) is 5.95 Å². The molecule has 3 aromatic carbocycles. The maximum atomic E-state index is 12.8. The molecule has 41 heavy (non-hydrogen) atoms. The summed E-state index contributed by atoms with van der Waals surface area (Å²) in [5.41, 5.74) is 4.46. The van der Waals surface area contributed by atoms with E-state index in [1.165, 1.54) is 0 Å². The molecule has 3 heterocycles. The Labute approximate surface area is 238 Å². The van der Waals surface area contributed by atoms with E-state index in [0.29, 0.717) is 41.3 Å². The summed E-state index contributed by atoms with van der Waals surface area (Å²) < 4.78 is 5.69. The molecule has 6 N–H and O–H groups in total. The van der Waals surface area contributed by atoms with Crippen molar-refractivity contribution in [1.82, 2.24) is 9.97 Å². The van der Waals surface area contributed by atoms with Crippen LogP contribution in [0, 0.1) is 0 Å². The number of carbonyl (C=O) groups excluding carboxylic acids is 1. The molecule has 0 aliphatic carbocycles. The highest BCUT2D eigenvalue weighted by Gasteiger charge is 2.21. The number of benzene rings is 3. The Hall–Kier alpha value is -5.03. The lowest BCUT2D eigenvalue weighted by molar-refractivity contribution is 0.102.